The van der Waals surface area contributed by atoms with Gasteiger partial charge in [0, 0.05) is 12.6 Å². The van der Waals surface area contributed by atoms with Crippen LogP contribution in [0.15, 0.2) is 6.33 Å². The lowest BCUT2D eigenvalue weighted by Gasteiger charge is -2.10. The van der Waals surface area contributed by atoms with Crippen molar-refractivity contribution in [2.24, 2.45) is 11.7 Å². The monoisotopic (exact) mass is 215 g/mol. The van der Waals surface area contributed by atoms with E-state index in [1.54, 1.807) is 10.9 Å². The van der Waals surface area contributed by atoms with Gasteiger partial charge in [-0.2, -0.15) is 10.5 Å². The Labute approximate surface area is 94.1 Å². The molecule has 0 radical (unpaired) electrons. The predicted molar refractivity (Wildman–Crippen MR) is 57.0 cm³/mol. The second-order valence-corrected chi connectivity index (χ2v) is 4.26. The molecule has 1 saturated carbocycles. The second-order valence-electron chi connectivity index (χ2n) is 4.26. The standard InChI is InChI=1S/C11H13N5/c12-4-10-11(5-13)16(7-15-10)6-8-1-2-9(14)3-8/h7-9H,1-3,6,14H2. The molecule has 2 atom stereocenters. The van der Waals surface area contributed by atoms with E-state index in [-0.39, 0.29) is 11.7 Å². The van der Waals surface area contributed by atoms with E-state index in [1.165, 1.54) is 0 Å². The van der Waals surface area contributed by atoms with Gasteiger partial charge in [-0.1, -0.05) is 0 Å². The Bertz CT molecular complexity index is 462. The topological polar surface area (TPSA) is 91.4 Å². The van der Waals surface area contributed by atoms with E-state index in [1.807, 2.05) is 12.1 Å². The summed E-state index contributed by atoms with van der Waals surface area (Å²) in [5, 5.41) is 17.7. The van der Waals surface area contributed by atoms with Crippen LogP contribution in [0.4, 0.5) is 0 Å². The van der Waals surface area contributed by atoms with Crippen molar-refractivity contribution in [2.45, 2.75) is 31.8 Å². The van der Waals surface area contributed by atoms with Gasteiger partial charge in [-0.15, -0.1) is 0 Å². The van der Waals surface area contributed by atoms with Gasteiger partial charge in [-0.05, 0) is 25.2 Å². The zero-order chi connectivity index (χ0) is 11.5. The molecule has 1 aromatic heterocycles. The first-order valence-corrected chi connectivity index (χ1v) is 5.35. The molecule has 2 rings (SSSR count). The van der Waals surface area contributed by atoms with Crippen LogP contribution < -0.4 is 5.73 Å². The van der Waals surface area contributed by atoms with Gasteiger partial charge < -0.3 is 10.3 Å². The fraction of sp³-hybridized carbons (Fsp3) is 0.545. The highest BCUT2D eigenvalue weighted by molar-refractivity contribution is 5.36. The van der Waals surface area contributed by atoms with E-state index in [2.05, 4.69) is 4.98 Å². The van der Waals surface area contributed by atoms with E-state index >= 15 is 0 Å². The van der Waals surface area contributed by atoms with Gasteiger partial charge in [0.15, 0.2) is 11.4 Å². The first-order chi connectivity index (χ1) is 7.74. The molecule has 16 heavy (non-hydrogen) atoms. The molecule has 1 aliphatic rings. The summed E-state index contributed by atoms with van der Waals surface area (Å²) in [6, 6.07) is 4.23. The molecule has 5 heteroatoms. The average Bonchev–Trinajstić information content (AvgIpc) is 2.85. The highest BCUT2D eigenvalue weighted by Gasteiger charge is 2.23. The summed E-state index contributed by atoms with van der Waals surface area (Å²) in [6.07, 6.45) is 4.70. The molecule has 1 heterocycles. The quantitative estimate of drug-likeness (QED) is 0.788. The molecule has 2 unspecified atom stereocenters. The molecule has 1 fully saturated rings. The van der Waals surface area contributed by atoms with E-state index in [4.69, 9.17) is 16.3 Å². The van der Waals surface area contributed by atoms with Crippen molar-refractivity contribution in [3.63, 3.8) is 0 Å². The first-order valence-electron chi connectivity index (χ1n) is 5.35. The summed E-state index contributed by atoms with van der Waals surface area (Å²) in [6.45, 7) is 0.741. The van der Waals surface area contributed by atoms with E-state index in [9.17, 15) is 0 Å². The summed E-state index contributed by atoms with van der Waals surface area (Å²) in [4.78, 5) is 3.91. The summed E-state index contributed by atoms with van der Waals surface area (Å²) < 4.78 is 1.77. The van der Waals surface area contributed by atoms with Crippen LogP contribution in [0.2, 0.25) is 0 Å². The Morgan fingerprint density at radius 2 is 2.25 bits per heavy atom. The number of hydrogen-bond donors (Lipinski definition) is 1. The minimum absolute atomic E-state index is 0.213. The third-order valence-corrected chi connectivity index (χ3v) is 3.09. The Morgan fingerprint density at radius 3 is 2.81 bits per heavy atom. The Balaban J connectivity index is 2.14. The molecule has 1 aliphatic carbocycles. The minimum Gasteiger partial charge on any atom is -0.328 e. The predicted octanol–water partition coefficient (Wildman–Crippen LogP) is 0.754. The lowest BCUT2D eigenvalue weighted by Crippen LogP contribution is -2.16. The fourth-order valence-electron chi connectivity index (χ4n) is 2.28. The number of nitriles is 2. The first kappa shape index (κ1) is 10.7. The maximum absolute atomic E-state index is 8.96. The van der Waals surface area contributed by atoms with Crippen LogP contribution >= 0.6 is 0 Å². The number of nitrogens with two attached hydrogens (primary N) is 1. The molecule has 0 saturated heterocycles. The molecule has 0 bridgehead atoms. The van der Waals surface area contributed by atoms with Crippen molar-refractivity contribution in [1.82, 2.24) is 9.55 Å². The van der Waals surface area contributed by atoms with Crippen LogP contribution in [0.3, 0.4) is 0 Å². The fourth-order valence-corrected chi connectivity index (χ4v) is 2.28. The number of aromatic nitrogens is 2. The van der Waals surface area contributed by atoms with Crippen LogP contribution in [-0.2, 0) is 6.54 Å². The zero-order valence-corrected chi connectivity index (χ0v) is 8.93. The van der Waals surface area contributed by atoms with E-state index < -0.39 is 0 Å². The molecule has 0 aromatic carbocycles. The van der Waals surface area contributed by atoms with Crippen molar-refractivity contribution in [1.29, 1.82) is 10.5 Å². The van der Waals surface area contributed by atoms with Crippen molar-refractivity contribution in [3.8, 4) is 12.1 Å². The third kappa shape index (κ3) is 1.91. The molecule has 1 aromatic rings. The van der Waals surface area contributed by atoms with E-state index in [0.29, 0.717) is 11.6 Å². The summed E-state index contributed by atoms with van der Waals surface area (Å²) in [5.74, 6) is 0.503. The Morgan fingerprint density at radius 1 is 1.44 bits per heavy atom. The van der Waals surface area contributed by atoms with Crippen LogP contribution in [0.5, 0.6) is 0 Å². The molecule has 0 aliphatic heterocycles. The molecule has 5 nitrogen and oxygen atoms in total. The lowest BCUT2D eigenvalue weighted by molar-refractivity contribution is 0.449. The van der Waals surface area contributed by atoms with Crippen molar-refractivity contribution in [3.05, 3.63) is 17.7 Å². The highest BCUT2D eigenvalue weighted by Crippen LogP contribution is 2.26. The van der Waals surface area contributed by atoms with Gasteiger partial charge in [-0.25, -0.2) is 4.98 Å². The maximum Gasteiger partial charge on any atom is 0.176 e. The third-order valence-electron chi connectivity index (χ3n) is 3.09. The normalized spacial score (nSPS) is 23.9. The van der Waals surface area contributed by atoms with Gasteiger partial charge in [0.25, 0.3) is 0 Å². The number of hydrogen-bond acceptors (Lipinski definition) is 4. The van der Waals surface area contributed by atoms with Gasteiger partial charge in [0.05, 0.1) is 6.33 Å². The van der Waals surface area contributed by atoms with E-state index in [0.717, 1.165) is 25.8 Å². The highest BCUT2D eigenvalue weighted by atomic mass is 15.1. The minimum atomic E-state index is 0.213. The molecular weight excluding hydrogens is 202 g/mol. The van der Waals surface area contributed by atoms with Crippen molar-refractivity contribution >= 4 is 0 Å². The smallest absolute Gasteiger partial charge is 0.176 e. The molecule has 82 valence electrons. The number of imidazole rings is 1. The summed E-state index contributed by atoms with van der Waals surface area (Å²) >= 11 is 0. The van der Waals surface area contributed by atoms with Crippen LogP contribution in [-0.4, -0.2) is 15.6 Å². The van der Waals surface area contributed by atoms with Crippen LogP contribution in [0.1, 0.15) is 30.7 Å². The van der Waals surface area contributed by atoms with Crippen molar-refractivity contribution in [2.75, 3.05) is 0 Å². The number of rotatable bonds is 2. The summed E-state index contributed by atoms with van der Waals surface area (Å²) in [7, 11) is 0. The molecule has 0 spiro atoms. The number of nitrogens with zero attached hydrogens (tertiary/aromatic N) is 4. The zero-order valence-electron chi connectivity index (χ0n) is 8.93. The van der Waals surface area contributed by atoms with Crippen LogP contribution in [0.25, 0.3) is 0 Å². The van der Waals surface area contributed by atoms with Gasteiger partial charge in [0.1, 0.15) is 12.1 Å². The summed E-state index contributed by atoms with van der Waals surface area (Å²) in [5.41, 5.74) is 6.42. The lowest BCUT2D eigenvalue weighted by atomic mass is 10.1. The van der Waals surface area contributed by atoms with Crippen molar-refractivity contribution < 1.29 is 0 Å². The maximum atomic E-state index is 8.96. The van der Waals surface area contributed by atoms with Gasteiger partial charge >= 0.3 is 0 Å². The largest absolute Gasteiger partial charge is 0.328 e. The Hall–Kier alpha value is -1.85. The second kappa shape index (κ2) is 4.34. The average molecular weight is 215 g/mol. The SMILES string of the molecule is N#Cc1ncn(CC2CCC(N)C2)c1C#N. The molecule has 2 N–H and O–H groups in total. The molecule has 0 amide bonds. The van der Waals surface area contributed by atoms with Gasteiger partial charge in [0.2, 0.25) is 0 Å². The molecular formula is C11H13N5. The Kier molecular flexibility index (Phi) is 2.89. The van der Waals surface area contributed by atoms with Gasteiger partial charge in [-0.3, -0.25) is 0 Å². The van der Waals surface area contributed by atoms with Crippen LogP contribution in [0, 0.1) is 28.6 Å².